The fourth-order valence-corrected chi connectivity index (χ4v) is 6.83. The Bertz CT molecular complexity index is 1330. The molecular weight excluding hydrogens is 531 g/mol. The van der Waals surface area contributed by atoms with E-state index in [1.165, 1.54) is 24.7 Å². The zero-order chi connectivity index (χ0) is 28.4. The van der Waals surface area contributed by atoms with Gasteiger partial charge in [0.25, 0.3) is 10.0 Å². The Kier molecular flexibility index (Phi) is 8.36. The molecule has 2 heterocycles. The number of hydrogen-bond donors (Lipinski definition) is 1. The average molecular weight is 566 g/mol. The normalized spacial score (nSPS) is 25.8. The number of pyridine rings is 1. The van der Waals surface area contributed by atoms with Crippen molar-refractivity contribution in [3.8, 4) is 5.88 Å². The van der Waals surface area contributed by atoms with Crippen molar-refractivity contribution in [3.05, 3.63) is 60.2 Å². The first-order valence-corrected chi connectivity index (χ1v) is 14.3. The minimum atomic E-state index is -4.22. The summed E-state index contributed by atoms with van der Waals surface area (Å²) in [4.78, 5) is 14.2. The summed E-state index contributed by atoms with van der Waals surface area (Å²) in [6.45, 7) is 3.65. The molecule has 0 bridgehead atoms. The first kappa shape index (κ1) is 29.0. The summed E-state index contributed by atoms with van der Waals surface area (Å²) in [5, 5.41) is 0. The number of allylic oxidation sites excluding steroid dienone is 4. The molecule has 12 heteroatoms. The molecule has 0 amide bonds. The van der Waals surface area contributed by atoms with Gasteiger partial charge in [-0.15, -0.1) is 0 Å². The minimum Gasteiger partial charge on any atom is -0.473 e. The van der Waals surface area contributed by atoms with Crippen molar-refractivity contribution in [1.82, 2.24) is 19.9 Å². The Labute approximate surface area is 227 Å². The van der Waals surface area contributed by atoms with Gasteiger partial charge in [0.05, 0.1) is 12.1 Å². The third-order valence-corrected chi connectivity index (χ3v) is 9.08. The summed E-state index contributed by atoms with van der Waals surface area (Å²) in [7, 11) is 0.0171. The lowest BCUT2D eigenvalue weighted by atomic mass is 9.63. The van der Waals surface area contributed by atoms with Gasteiger partial charge in [-0.2, -0.15) is 13.2 Å². The maximum Gasteiger partial charge on any atom is 0.392 e. The van der Waals surface area contributed by atoms with E-state index in [0.717, 1.165) is 12.8 Å². The molecule has 4 atom stereocenters. The van der Waals surface area contributed by atoms with Crippen LogP contribution < -0.4 is 9.46 Å². The van der Waals surface area contributed by atoms with Gasteiger partial charge in [-0.05, 0) is 70.2 Å². The summed E-state index contributed by atoms with van der Waals surface area (Å²) < 4.78 is 73.5. The van der Waals surface area contributed by atoms with Crippen molar-refractivity contribution in [1.29, 1.82) is 0 Å². The maximum absolute atomic E-state index is 13.0. The van der Waals surface area contributed by atoms with Gasteiger partial charge in [0, 0.05) is 18.3 Å². The van der Waals surface area contributed by atoms with Gasteiger partial charge in [0.15, 0.2) is 0 Å². The van der Waals surface area contributed by atoms with Crippen LogP contribution in [-0.2, 0) is 10.0 Å². The van der Waals surface area contributed by atoms with E-state index in [0.29, 0.717) is 24.3 Å². The number of anilines is 1. The smallest absolute Gasteiger partial charge is 0.392 e. The van der Waals surface area contributed by atoms with Crippen molar-refractivity contribution in [2.45, 2.75) is 69.2 Å². The van der Waals surface area contributed by atoms with E-state index in [4.69, 9.17) is 4.74 Å². The van der Waals surface area contributed by atoms with Gasteiger partial charge in [-0.3, -0.25) is 4.72 Å². The SMILES string of the molecule is Cc1nc(O[C@H]2CC[C@H](C3(C)C=CC=C(CC(F)(F)F)C3)C[C@@H]2N(C)C)ccc1S(=O)(=O)Nc1ccncn1. The topological polar surface area (TPSA) is 97.3 Å². The highest BCUT2D eigenvalue weighted by Crippen LogP contribution is 2.48. The van der Waals surface area contributed by atoms with Crippen LogP contribution in [0.15, 0.2) is 59.4 Å². The van der Waals surface area contributed by atoms with Gasteiger partial charge in [0.1, 0.15) is 23.1 Å². The first-order chi connectivity index (χ1) is 18.3. The molecule has 1 unspecified atom stereocenters. The molecule has 4 rings (SSSR count). The fourth-order valence-electron chi connectivity index (χ4n) is 5.64. The summed E-state index contributed by atoms with van der Waals surface area (Å²) in [6, 6.07) is 4.46. The molecule has 1 saturated carbocycles. The lowest BCUT2D eigenvalue weighted by Gasteiger charge is -2.46. The van der Waals surface area contributed by atoms with Crippen LogP contribution in [0.25, 0.3) is 0 Å². The van der Waals surface area contributed by atoms with Crippen LogP contribution in [0, 0.1) is 18.3 Å². The van der Waals surface area contributed by atoms with Gasteiger partial charge in [-0.1, -0.05) is 30.7 Å². The van der Waals surface area contributed by atoms with Crippen LogP contribution in [0.3, 0.4) is 0 Å². The molecule has 0 aliphatic heterocycles. The van der Waals surface area contributed by atoms with Crippen LogP contribution >= 0.6 is 0 Å². The number of rotatable bonds is 8. The number of alkyl halides is 3. The second kappa shape index (κ2) is 11.2. The van der Waals surface area contributed by atoms with Gasteiger partial charge >= 0.3 is 6.18 Å². The molecule has 2 aliphatic carbocycles. The van der Waals surface area contributed by atoms with Crippen molar-refractivity contribution in [2.24, 2.45) is 11.3 Å². The number of aryl methyl sites for hydroxylation is 1. The Balaban J connectivity index is 1.45. The van der Waals surface area contributed by atoms with E-state index < -0.39 is 22.6 Å². The second-order valence-corrected chi connectivity index (χ2v) is 12.4. The molecule has 2 aromatic heterocycles. The van der Waals surface area contributed by atoms with E-state index in [2.05, 4.69) is 24.6 Å². The van der Waals surface area contributed by atoms with Crippen LogP contribution in [0.4, 0.5) is 19.0 Å². The number of aromatic nitrogens is 3. The number of nitrogens with zero attached hydrogens (tertiary/aromatic N) is 4. The highest BCUT2D eigenvalue weighted by molar-refractivity contribution is 7.92. The third kappa shape index (κ3) is 7.16. The lowest BCUT2D eigenvalue weighted by Crippen LogP contribution is -2.49. The highest BCUT2D eigenvalue weighted by atomic mass is 32.2. The van der Waals surface area contributed by atoms with E-state index in [-0.39, 0.29) is 39.9 Å². The van der Waals surface area contributed by atoms with Crippen LogP contribution in [-0.4, -0.2) is 60.7 Å². The standard InChI is InChI=1S/C27H34F3N5O3S/c1-18-23(39(36,37)34-24-11-13-31-17-32-24)9-10-25(33-18)38-22-8-7-20(14-21(22)35(3)4)26(2)12-5-6-19(15-26)16-27(28,29)30/h5-6,9-13,17,20-22H,7-8,14-16H2,1-4H3,(H,31,32,34)/t20-,21-,22-,26?/m0/s1. The van der Waals surface area contributed by atoms with E-state index in [9.17, 15) is 21.6 Å². The summed E-state index contributed by atoms with van der Waals surface area (Å²) in [5.41, 5.74) is 0.333. The number of sulfonamides is 1. The lowest BCUT2D eigenvalue weighted by molar-refractivity contribution is -0.128. The summed E-state index contributed by atoms with van der Waals surface area (Å²) >= 11 is 0. The Morgan fingerprint density at radius 2 is 1.97 bits per heavy atom. The fraction of sp³-hybridized carbons (Fsp3) is 0.519. The predicted octanol–water partition coefficient (Wildman–Crippen LogP) is 5.30. The van der Waals surface area contributed by atoms with Gasteiger partial charge in [0.2, 0.25) is 5.88 Å². The highest BCUT2D eigenvalue weighted by Gasteiger charge is 2.43. The van der Waals surface area contributed by atoms with Crippen LogP contribution in [0.1, 0.15) is 44.7 Å². The molecule has 0 aromatic carbocycles. The second-order valence-electron chi connectivity index (χ2n) is 10.8. The number of halogens is 3. The molecule has 1 N–H and O–H groups in total. The van der Waals surface area contributed by atoms with Crippen LogP contribution in [0.2, 0.25) is 0 Å². The van der Waals surface area contributed by atoms with Crippen molar-refractivity contribution in [2.75, 3.05) is 18.8 Å². The first-order valence-electron chi connectivity index (χ1n) is 12.8. The number of hydrogen-bond acceptors (Lipinski definition) is 7. The predicted molar refractivity (Wildman–Crippen MR) is 142 cm³/mol. The molecule has 212 valence electrons. The zero-order valence-corrected chi connectivity index (χ0v) is 23.3. The molecule has 8 nitrogen and oxygen atoms in total. The largest absolute Gasteiger partial charge is 0.473 e. The Morgan fingerprint density at radius 1 is 1.21 bits per heavy atom. The zero-order valence-electron chi connectivity index (χ0n) is 22.4. The van der Waals surface area contributed by atoms with E-state index >= 15 is 0 Å². The summed E-state index contributed by atoms with van der Waals surface area (Å²) in [6.07, 6.45) is 5.42. The number of nitrogens with one attached hydrogen (secondary N) is 1. The van der Waals surface area contributed by atoms with Gasteiger partial charge in [-0.25, -0.2) is 23.4 Å². The van der Waals surface area contributed by atoms with Gasteiger partial charge < -0.3 is 9.64 Å². The molecular formula is C27H34F3N5O3S. The third-order valence-electron chi connectivity index (χ3n) is 7.59. The Hall–Kier alpha value is -2.99. The molecule has 2 aliphatic rings. The van der Waals surface area contributed by atoms with Crippen molar-refractivity contribution < 1.29 is 26.3 Å². The van der Waals surface area contributed by atoms with E-state index in [1.54, 1.807) is 25.1 Å². The molecule has 2 aromatic rings. The van der Waals surface area contributed by atoms with E-state index in [1.807, 2.05) is 27.1 Å². The monoisotopic (exact) mass is 565 g/mol. The van der Waals surface area contributed by atoms with Crippen LogP contribution in [0.5, 0.6) is 5.88 Å². The Morgan fingerprint density at radius 3 is 2.62 bits per heavy atom. The number of ether oxygens (including phenoxy) is 1. The molecule has 1 fully saturated rings. The quantitative estimate of drug-likeness (QED) is 0.464. The van der Waals surface area contributed by atoms with Crippen molar-refractivity contribution in [3.63, 3.8) is 0 Å². The molecule has 0 spiro atoms. The average Bonchev–Trinajstić information content (AvgIpc) is 2.83. The summed E-state index contributed by atoms with van der Waals surface area (Å²) in [5.74, 6) is 0.661. The maximum atomic E-state index is 13.0. The molecule has 0 saturated heterocycles. The molecule has 0 radical (unpaired) electrons. The molecule has 39 heavy (non-hydrogen) atoms. The van der Waals surface area contributed by atoms with Crippen molar-refractivity contribution >= 4 is 15.8 Å². The number of likely N-dealkylation sites (N-methyl/N-ethyl adjacent to an activating group) is 1. The minimum absolute atomic E-state index is 0.0101.